The van der Waals surface area contributed by atoms with E-state index in [0.29, 0.717) is 17.2 Å². The number of aliphatic hydroxyl groups is 1. The molecule has 1 fully saturated rings. The molecule has 0 saturated carbocycles. The van der Waals surface area contributed by atoms with Gasteiger partial charge in [-0.3, -0.25) is 4.79 Å². The summed E-state index contributed by atoms with van der Waals surface area (Å²) >= 11 is 11.8. The van der Waals surface area contributed by atoms with Gasteiger partial charge < -0.3 is 19.9 Å². The number of halogens is 2. The monoisotopic (exact) mass is 458 g/mol. The fraction of sp³-hybridized carbons (Fsp3) is 0.278. The Labute approximate surface area is 177 Å². The van der Waals surface area contributed by atoms with Crippen LogP contribution in [0.15, 0.2) is 41.3 Å². The average Bonchev–Trinajstić information content (AvgIpc) is 3.30. The Hall–Kier alpha value is -2.04. The molecule has 2 N–H and O–H groups in total. The number of benzene rings is 2. The zero-order valence-electron chi connectivity index (χ0n) is 14.8. The highest BCUT2D eigenvalue weighted by atomic mass is 35.5. The lowest BCUT2D eigenvalue weighted by atomic mass is 10.2. The average molecular weight is 459 g/mol. The minimum atomic E-state index is -4.08. The van der Waals surface area contributed by atoms with Crippen molar-refractivity contribution in [3.05, 3.63) is 46.4 Å². The molecule has 0 aliphatic carbocycles. The Morgan fingerprint density at radius 2 is 1.86 bits per heavy atom. The van der Waals surface area contributed by atoms with Crippen LogP contribution in [0.5, 0.6) is 11.5 Å². The van der Waals surface area contributed by atoms with E-state index in [9.17, 15) is 18.3 Å². The number of nitrogens with one attached hydrogen (secondary N) is 1. The minimum Gasteiger partial charge on any atom is -0.454 e. The number of ether oxygens (including phenoxy) is 2. The molecule has 2 aromatic carbocycles. The molecule has 2 aliphatic heterocycles. The van der Waals surface area contributed by atoms with Gasteiger partial charge in [0.15, 0.2) is 11.5 Å². The normalized spacial score (nSPS) is 21.3. The highest BCUT2D eigenvalue weighted by molar-refractivity contribution is 7.89. The molecule has 2 atom stereocenters. The molecule has 0 unspecified atom stereocenters. The van der Waals surface area contributed by atoms with Gasteiger partial charge in [-0.1, -0.05) is 23.2 Å². The van der Waals surface area contributed by atoms with Crippen molar-refractivity contribution in [2.75, 3.05) is 18.7 Å². The Morgan fingerprint density at radius 1 is 1.10 bits per heavy atom. The zero-order valence-corrected chi connectivity index (χ0v) is 17.2. The Morgan fingerprint density at radius 3 is 2.62 bits per heavy atom. The summed E-state index contributed by atoms with van der Waals surface area (Å²) in [4.78, 5) is 12.7. The molecule has 1 amide bonds. The number of hydrogen-bond acceptors (Lipinski definition) is 6. The topological polar surface area (TPSA) is 105 Å². The van der Waals surface area contributed by atoms with Gasteiger partial charge in [-0.25, -0.2) is 8.42 Å². The number of carbonyl (C=O) groups excluding carboxylic acids is 1. The van der Waals surface area contributed by atoms with Gasteiger partial charge in [0.1, 0.15) is 6.04 Å². The molecule has 154 valence electrons. The van der Waals surface area contributed by atoms with Gasteiger partial charge in [-0.05, 0) is 30.3 Å². The smallest absolute Gasteiger partial charge is 0.243 e. The summed E-state index contributed by atoms with van der Waals surface area (Å²) in [5, 5.41) is 13.0. The summed E-state index contributed by atoms with van der Waals surface area (Å²) < 4.78 is 37.6. The van der Waals surface area contributed by atoms with Crippen LogP contribution in [-0.4, -0.2) is 49.2 Å². The SMILES string of the molecule is O=C(Nc1ccc2c(c1)OCO2)[C@H]1C[C@@H](O)CN1S(=O)(=O)c1ccc(Cl)c(Cl)c1. The highest BCUT2D eigenvalue weighted by Gasteiger charge is 2.43. The summed E-state index contributed by atoms with van der Waals surface area (Å²) in [5.74, 6) is 0.474. The standard InChI is InChI=1S/C18H16Cl2N2O6S/c19-13-3-2-12(7-14(13)20)29(25,26)22-8-11(23)6-15(22)18(24)21-10-1-4-16-17(5-10)28-9-27-16/h1-5,7,11,15,23H,6,8-9H2,(H,21,24)/t11-,15-/m1/s1. The van der Waals surface area contributed by atoms with Crippen molar-refractivity contribution in [2.45, 2.75) is 23.5 Å². The molecule has 8 nitrogen and oxygen atoms in total. The van der Waals surface area contributed by atoms with Crippen molar-refractivity contribution in [1.82, 2.24) is 4.31 Å². The van der Waals surface area contributed by atoms with Gasteiger partial charge in [0.2, 0.25) is 22.7 Å². The summed E-state index contributed by atoms with van der Waals surface area (Å²) in [6, 6.07) is 7.65. The minimum absolute atomic E-state index is 0.0308. The first-order valence-corrected chi connectivity index (χ1v) is 10.8. The molecular formula is C18H16Cl2N2O6S. The second-order valence-corrected chi connectivity index (χ2v) is 9.32. The van der Waals surface area contributed by atoms with Crippen LogP contribution in [0, 0.1) is 0 Å². The van der Waals surface area contributed by atoms with E-state index in [0.717, 1.165) is 4.31 Å². The molecule has 0 radical (unpaired) electrons. The zero-order chi connectivity index (χ0) is 20.8. The lowest BCUT2D eigenvalue weighted by molar-refractivity contribution is -0.119. The van der Waals surface area contributed by atoms with Gasteiger partial charge in [0.05, 0.1) is 21.0 Å². The van der Waals surface area contributed by atoms with Crippen LogP contribution in [-0.2, 0) is 14.8 Å². The largest absolute Gasteiger partial charge is 0.454 e. The molecule has 0 bridgehead atoms. The van der Waals surface area contributed by atoms with Gasteiger partial charge in [0.25, 0.3) is 0 Å². The predicted molar refractivity (Wildman–Crippen MR) is 106 cm³/mol. The van der Waals surface area contributed by atoms with E-state index in [1.165, 1.54) is 18.2 Å². The molecule has 0 aromatic heterocycles. The summed E-state index contributed by atoms with van der Waals surface area (Å²) in [6.07, 6.45) is -1.00. The van der Waals surface area contributed by atoms with E-state index < -0.39 is 28.1 Å². The second-order valence-electron chi connectivity index (χ2n) is 6.61. The summed E-state index contributed by atoms with van der Waals surface area (Å²) in [6.45, 7) is -0.112. The maximum atomic E-state index is 13.1. The highest BCUT2D eigenvalue weighted by Crippen LogP contribution is 2.35. The molecule has 2 heterocycles. The molecule has 0 spiro atoms. The third-order valence-corrected chi connectivity index (χ3v) is 7.28. The summed E-state index contributed by atoms with van der Waals surface area (Å²) in [7, 11) is -4.08. The first-order chi connectivity index (χ1) is 13.8. The van der Waals surface area contributed by atoms with Gasteiger partial charge >= 0.3 is 0 Å². The molecule has 29 heavy (non-hydrogen) atoms. The number of nitrogens with zero attached hydrogens (tertiary/aromatic N) is 1. The fourth-order valence-electron chi connectivity index (χ4n) is 3.26. The molecular weight excluding hydrogens is 443 g/mol. The Kier molecular flexibility index (Phi) is 5.34. The first-order valence-electron chi connectivity index (χ1n) is 8.61. The van der Waals surface area contributed by atoms with Crippen LogP contribution in [0.1, 0.15) is 6.42 Å². The van der Waals surface area contributed by atoms with E-state index in [4.69, 9.17) is 32.7 Å². The third-order valence-electron chi connectivity index (χ3n) is 4.67. The van der Waals surface area contributed by atoms with Crippen LogP contribution in [0.4, 0.5) is 5.69 Å². The van der Waals surface area contributed by atoms with Crippen LogP contribution >= 0.6 is 23.2 Å². The molecule has 2 aliphatic rings. The van der Waals surface area contributed by atoms with Crippen molar-refractivity contribution in [2.24, 2.45) is 0 Å². The number of hydrogen-bond donors (Lipinski definition) is 2. The Bertz CT molecular complexity index is 1080. The number of amides is 1. The number of sulfonamides is 1. The van der Waals surface area contributed by atoms with Crippen molar-refractivity contribution in [1.29, 1.82) is 0 Å². The number of anilines is 1. The maximum absolute atomic E-state index is 13.1. The van der Waals surface area contributed by atoms with Crippen molar-refractivity contribution < 1.29 is 27.8 Å². The van der Waals surface area contributed by atoms with Gasteiger partial charge in [0, 0.05) is 24.7 Å². The number of aliphatic hydroxyl groups excluding tert-OH is 1. The van der Waals surface area contributed by atoms with Crippen LogP contribution < -0.4 is 14.8 Å². The van der Waals surface area contributed by atoms with Crippen LogP contribution in [0.3, 0.4) is 0 Å². The van der Waals surface area contributed by atoms with E-state index in [1.54, 1.807) is 18.2 Å². The van der Waals surface area contributed by atoms with Crippen molar-refractivity contribution in [3.8, 4) is 11.5 Å². The van der Waals surface area contributed by atoms with E-state index in [-0.39, 0.29) is 34.7 Å². The lowest BCUT2D eigenvalue weighted by Crippen LogP contribution is -2.43. The first kappa shape index (κ1) is 20.2. The molecule has 1 saturated heterocycles. The van der Waals surface area contributed by atoms with Crippen molar-refractivity contribution in [3.63, 3.8) is 0 Å². The number of fused-ring (bicyclic) bond motifs is 1. The Balaban J connectivity index is 1.58. The van der Waals surface area contributed by atoms with E-state index in [1.807, 2.05) is 0 Å². The second kappa shape index (κ2) is 7.66. The quantitative estimate of drug-likeness (QED) is 0.728. The maximum Gasteiger partial charge on any atom is 0.243 e. The molecule has 2 aromatic rings. The van der Waals surface area contributed by atoms with Crippen molar-refractivity contribution >= 4 is 44.8 Å². The number of carbonyl (C=O) groups is 1. The predicted octanol–water partition coefficient (Wildman–Crippen LogP) is 2.48. The lowest BCUT2D eigenvalue weighted by Gasteiger charge is -2.23. The summed E-state index contributed by atoms with van der Waals surface area (Å²) in [5.41, 5.74) is 0.424. The third kappa shape index (κ3) is 3.88. The van der Waals surface area contributed by atoms with Crippen LogP contribution in [0.2, 0.25) is 10.0 Å². The van der Waals surface area contributed by atoms with Crippen LogP contribution in [0.25, 0.3) is 0 Å². The number of β-amino-alcohol motifs (C(OH)–C–C–N with tert-alkyl or cyclic N) is 1. The van der Waals surface area contributed by atoms with E-state index >= 15 is 0 Å². The molecule has 4 rings (SSSR count). The van der Waals surface area contributed by atoms with E-state index in [2.05, 4.69) is 5.32 Å². The fourth-order valence-corrected chi connectivity index (χ4v) is 5.29. The molecule has 11 heteroatoms. The number of rotatable bonds is 4. The van der Waals surface area contributed by atoms with Gasteiger partial charge in [-0.2, -0.15) is 4.31 Å². The van der Waals surface area contributed by atoms with Gasteiger partial charge in [-0.15, -0.1) is 0 Å².